The lowest BCUT2D eigenvalue weighted by Crippen LogP contribution is -2.25. The number of aryl methyl sites for hydroxylation is 1. The van der Waals surface area contributed by atoms with Crippen LogP contribution in [0.25, 0.3) is 0 Å². The van der Waals surface area contributed by atoms with Crippen LogP contribution in [0, 0.1) is 23.7 Å². The molecule has 0 saturated heterocycles. The Bertz CT molecular complexity index is 955. The van der Waals surface area contributed by atoms with Gasteiger partial charge in [-0.2, -0.15) is 8.78 Å². The van der Waals surface area contributed by atoms with E-state index in [4.69, 9.17) is 4.74 Å². The predicted molar refractivity (Wildman–Crippen MR) is 134 cm³/mol. The monoisotopic (exact) mass is 524 g/mol. The SMILES string of the molecule is CCC1CCC(C2CCC(CCc3ccc(C(F)(F)Oc4ccc(OC(F)(F)F)cc4)cc3)CC2)CC1. The normalized spacial score (nSPS) is 25.0. The zero-order valence-electron chi connectivity index (χ0n) is 21.4. The predicted octanol–water partition coefficient (Wildman–Crippen LogP) is 9.67. The van der Waals surface area contributed by atoms with Crippen molar-refractivity contribution in [2.24, 2.45) is 23.7 Å². The van der Waals surface area contributed by atoms with Crippen molar-refractivity contribution in [1.29, 1.82) is 0 Å². The van der Waals surface area contributed by atoms with Gasteiger partial charge in [-0.3, -0.25) is 0 Å². The number of hydrogen-bond donors (Lipinski definition) is 0. The molecule has 2 saturated carbocycles. The van der Waals surface area contributed by atoms with Crippen molar-refractivity contribution in [2.75, 3.05) is 0 Å². The molecular weight excluding hydrogens is 487 g/mol. The Hall–Kier alpha value is -2.31. The maximum absolute atomic E-state index is 14.6. The lowest BCUT2D eigenvalue weighted by Gasteiger charge is -2.37. The maximum atomic E-state index is 14.6. The molecule has 2 aromatic carbocycles. The highest BCUT2D eigenvalue weighted by molar-refractivity contribution is 5.33. The van der Waals surface area contributed by atoms with Crippen molar-refractivity contribution < 1.29 is 31.4 Å². The minimum atomic E-state index is -4.85. The Labute approximate surface area is 216 Å². The molecule has 2 aliphatic carbocycles. The Morgan fingerprint density at radius 3 is 1.62 bits per heavy atom. The zero-order chi connectivity index (χ0) is 26.5. The van der Waals surface area contributed by atoms with Crippen molar-refractivity contribution >= 4 is 0 Å². The number of halogens is 5. The van der Waals surface area contributed by atoms with E-state index in [-0.39, 0.29) is 11.3 Å². The van der Waals surface area contributed by atoms with Crippen molar-refractivity contribution in [3.63, 3.8) is 0 Å². The molecule has 0 spiro atoms. The summed E-state index contributed by atoms with van der Waals surface area (Å²) in [5.41, 5.74) is 0.721. The Morgan fingerprint density at radius 1 is 0.649 bits per heavy atom. The van der Waals surface area contributed by atoms with Gasteiger partial charge in [0.15, 0.2) is 0 Å². The average Bonchev–Trinajstić information content (AvgIpc) is 2.88. The molecule has 0 N–H and O–H groups in total. The van der Waals surface area contributed by atoms with Crippen LogP contribution in [0.3, 0.4) is 0 Å². The molecule has 37 heavy (non-hydrogen) atoms. The summed E-state index contributed by atoms with van der Waals surface area (Å²) in [4.78, 5) is 0. The standard InChI is InChI=1S/C30H37F5O2/c1-2-21-5-11-24(12-6-21)25-13-7-22(8-14-25)3-4-23-9-15-26(16-10-23)29(31,32)36-27-17-19-28(20-18-27)37-30(33,34)35/h9-10,15-22,24-25H,2-8,11-14H2,1H3. The molecule has 7 heteroatoms. The second kappa shape index (κ2) is 12.0. The van der Waals surface area contributed by atoms with Crippen molar-refractivity contribution in [3.05, 3.63) is 59.7 Å². The van der Waals surface area contributed by atoms with Crippen LogP contribution in [0.5, 0.6) is 11.5 Å². The van der Waals surface area contributed by atoms with Gasteiger partial charge in [0, 0.05) is 0 Å². The summed E-state index contributed by atoms with van der Waals surface area (Å²) in [5.74, 6) is 2.71. The Kier molecular flexibility index (Phi) is 9.02. The topological polar surface area (TPSA) is 18.5 Å². The molecule has 2 aliphatic rings. The first-order chi connectivity index (χ1) is 17.6. The quantitative estimate of drug-likeness (QED) is 0.304. The van der Waals surface area contributed by atoms with Crippen molar-refractivity contribution in [1.82, 2.24) is 0 Å². The third-order valence-corrected chi connectivity index (χ3v) is 8.46. The van der Waals surface area contributed by atoms with E-state index in [1.165, 1.54) is 69.9 Å². The number of hydrogen-bond acceptors (Lipinski definition) is 2. The van der Waals surface area contributed by atoms with Gasteiger partial charge in [-0.25, -0.2) is 0 Å². The third-order valence-electron chi connectivity index (χ3n) is 8.46. The second-order valence-corrected chi connectivity index (χ2v) is 10.8. The van der Waals surface area contributed by atoms with Crippen LogP contribution in [-0.2, 0) is 12.5 Å². The lowest BCUT2D eigenvalue weighted by atomic mass is 9.68. The first kappa shape index (κ1) is 27.7. The number of ether oxygens (including phenoxy) is 2. The minimum Gasteiger partial charge on any atom is -0.429 e. The molecule has 2 aromatic rings. The Morgan fingerprint density at radius 2 is 1.14 bits per heavy atom. The fourth-order valence-corrected chi connectivity index (χ4v) is 6.17. The van der Waals surface area contributed by atoms with Crippen LogP contribution >= 0.6 is 0 Å². The third kappa shape index (κ3) is 8.08. The number of benzene rings is 2. The van der Waals surface area contributed by atoms with Gasteiger partial charge in [0.25, 0.3) is 0 Å². The summed E-state index contributed by atoms with van der Waals surface area (Å²) >= 11 is 0. The van der Waals surface area contributed by atoms with Gasteiger partial charge in [-0.05, 0) is 104 Å². The highest BCUT2D eigenvalue weighted by Crippen LogP contribution is 2.43. The first-order valence-corrected chi connectivity index (χ1v) is 13.6. The summed E-state index contributed by atoms with van der Waals surface area (Å²) in [6.07, 6.45) is 5.65. The van der Waals surface area contributed by atoms with E-state index in [9.17, 15) is 22.0 Å². The maximum Gasteiger partial charge on any atom is 0.573 e. The summed E-state index contributed by atoms with van der Waals surface area (Å²) < 4.78 is 74.5. The smallest absolute Gasteiger partial charge is 0.429 e. The molecule has 0 aliphatic heterocycles. The van der Waals surface area contributed by atoms with Crippen molar-refractivity contribution in [2.45, 2.75) is 90.0 Å². The van der Waals surface area contributed by atoms with E-state index in [0.717, 1.165) is 60.4 Å². The van der Waals surface area contributed by atoms with E-state index in [1.54, 1.807) is 12.1 Å². The second-order valence-electron chi connectivity index (χ2n) is 10.8. The molecule has 204 valence electrons. The highest BCUT2D eigenvalue weighted by atomic mass is 19.4. The minimum absolute atomic E-state index is 0.252. The van der Waals surface area contributed by atoms with E-state index >= 15 is 0 Å². The molecule has 2 nitrogen and oxygen atoms in total. The van der Waals surface area contributed by atoms with Crippen molar-refractivity contribution in [3.8, 4) is 11.5 Å². The van der Waals surface area contributed by atoms with E-state index < -0.39 is 18.2 Å². The first-order valence-electron chi connectivity index (χ1n) is 13.6. The van der Waals surface area contributed by atoms with E-state index in [1.807, 2.05) is 0 Å². The van der Waals surface area contributed by atoms with E-state index in [0.29, 0.717) is 5.92 Å². The van der Waals surface area contributed by atoms with Crippen LogP contribution in [0.4, 0.5) is 22.0 Å². The van der Waals surface area contributed by atoms with Gasteiger partial charge in [0.2, 0.25) is 0 Å². The zero-order valence-corrected chi connectivity index (χ0v) is 21.4. The molecule has 0 radical (unpaired) electrons. The fraction of sp³-hybridized carbons (Fsp3) is 0.600. The van der Waals surface area contributed by atoms with Gasteiger partial charge in [-0.1, -0.05) is 51.2 Å². The lowest BCUT2D eigenvalue weighted by molar-refractivity contribution is -0.274. The molecule has 0 heterocycles. The number of rotatable bonds is 9. The molecule has 0 aromatic heterocycles. The van der Waals surface area contributed by atoms with Gasteiger partial charge >= 0.3 is 12.5 Å². The van der Waals surface area contributed by atoms with Gasteiger partial charge < -0.3 is 9.47 Å². The summed E-state index contributed by atoms with van der Waals surface area (Å²) in [7, 11) is 0. The largest absolute Gasteiger partial charge is 0.573 e. The molecular formula is C30H37F5O2. The van der Waals surface area contributed by atoms with Crippen LogP contribution in [0.1, 0.15) is 82.3 Å². The van der Waals surface area contributed by atoms with Crippen LogP contribution in [0.15, 0.2) is 48.5 Å². The molecule has 0 unspecified atom stereocenters. The number of alkyl halides is 5. The Balaban J connectivity index is 1.22. The fourth-order valence-electron chi connectivity index (χ4n) is 6.17. The van der Waals surface area contributed by atoms with Crippen LogP contribution < -0.4 is 9.47 Å². The average molecular weight is 525 g/mol. The van der Waals surface area contributed by atoms with Gasteiger partial charge in [-0.15, -0.1) is 13.2 Å². The molecule has 0 bridgehead atoms. The summed E-state index contributed by atoms with van der Waals surface area (Å²) in [5, 5.41) is 0. The molecule has 0 atom stereocenters. The molecule has 4 rings (SSSR count). The van der Waals surface area contributed by atoms with E-state index in [2.05, 4.69) is 11.7 Å². The van der Waals surface area contributed by atoms with Crippen LogP contribution in [0.2, 0.25) is 0 Å². The summed E-state index contributed by atoms with van der Waals surface area (Å²) in [6.45, 7) is 2.31. The molecule has 0 amide bonds. The van der Waals surface area contributed by atoms with Gasteiger partial charge in [0.05, 0.1) is 5.56 Å². The van der Waals surface area contributed by atoms with Crippen LogP contribution in [-0.4, -0.2) is 6.36 Å². The summed E-state index contributed by atoms with van der Waals surface area (Å²) in [6, 6.07) is 10.1. The highest BCUT2D eigenvalue weighted by Gasteiger charge is 2.35. The van der Waals surface area contributed by atoms with Gasteiger partial charge in [0.1, 0.15) is 11.5 Å². The molecule has 2 fully saturated rings.